The Morgan fingerprint density at radius 1 is 1.15 bits per heavy atom. The van der Waals surface area contributed by atoms with E-state index in [1.165, 1.54) is 12.1 Å². The number of aromatic nitrogens is 1. The summed E-state index contributed by atoms with van der Waals surface area (Å²) in [5.74, 6) is 0.851. The second kappa shape index (κ2) is 8.77. The lowest BCUT2D eigenvalue weighted by Gasteiger charge is -2.29. The molecule has 0 spiro atoms. The summed E-state index contributed by atoms with van der Waals surface area (Å²) in [4.78, 5) is 18.8. The minimum absolute atomic E-state index is 0.310. The van der Waals surface area contributed by atoms with E-state index in [4.69, 9.17) is 39.5 Å². The van der Waals surface area contributed by atoms with Crippen molar-refractivity contribution >= 4 is 52.3 Å². The number of rotatable bonds is 4. The van der Waals surface area contributed by atoms with Gasteiger partial charge in [0.2, 0.25) is 0 Å². The highest BCUT2D eigenvalue weighted by atomic mass is 35.5. The van der Waals surface area contributed by atoms with Crippen LogP contribution in [0.15, 0.2) is 30.5 Å². The summed E-state index contributed by atoms with van der Waals surface area (Å²) in [6.07, 6.45) is 1.74. The van der Waals surface area contributed by atoms with Gasteiger partial charge in [0.05, 0.1) is 34.0 Å². The molecule has 138 valence electrons. The molecule has 2 aromatic rings. The van der Waals surface area contributed by atoms with E-state index in [1.807, 2.05) is 12.1 Å². The summed E-state index contributed by atoms with van der Waals surface area (Å²) in [5.41, 5.74) is 1.31. The second-order valence-electron chi connectivity index (χ2n) is 5.64. The third kappa shape index (κ3) is 4.71. The highest BCUT2D eigenvalue weighted by Gasteiger charge is 2.16. The van der Waals surface area contributed by atoms with Crippen molar-refractivity contribution in [2.45, 2.75) is 6.54 Å². The number of benzene rings is 1. The number of carbonyl (C=O) groups is 1. The molecular weight excluding hydrogens is 399 g/mol. The molecule has 9 heteroatoms. The number of urea groups is 1. The number of hydrogen-bond acceptors (Lipinski definition) is 4. The Kier molecular flexibility index (Phi) is 6.43. The quantitative estimate of drug-likeness (QED) is 0.735. The number of nitrogens with one attached hydrogen (secondary N) is 2. The van der Waals surface area contributed by atoms with Crippen LogP contribution in [-0.4, -0.2) is 37.3 Å². The number of pyridine rings is 1. The van der Waals surface area contributed by atoms with Gasteiger partial charge in [0.25, 0.3) is 0 Å². The number of carbonyl (C=O) groups excluding carboxylic acids is 1. The largest absolute Gasteiger partial charge is 0.378 e. The molecule has 0 atom stereocenters. The second-order valence-corrected chi connectivity index (χ2v) is 6.86. The summed E-state index contributed by atoms with van der Waals surface area (Å²) in [7, 11) is 0. The first-order valence-electron chi connectivity index (χ1n) is 8.00. The van der Waals surface area contributed by atoms with Crippen molar-refractivity contribution in [3.05, 3.63) is 51.1 Å². The predicted molar refractivity (Wildman–Crippen MR) is 105 cm³/mol. The molecule has 0 bridgehead atoms. The molecule has 1 aliphatic rings. The lowest BCUT2D eigenvalue weighted by Crippen LogP contribution is -2.38. The van der Waals surface area contributed by atoms with Gasteiger partial charge in [-0.1, -0.05) is 40.9 Å². The number of hydrogen-bond donors (Lipinski definition) is 2. The molecule has 1 fully saturated rings. The first-order valence-corrected chi connectivity index (χ1v) is 9.14. The van der Waals surface area contributed by atoms with Crippen LogP contribution in [-0.2, 0) is 11.3 Å². The number of nitrogens with zero attached hydrogens (tertiary/aromatic N) is 2. The van der Waals surface area contributed by atoms with Crippen LogP contribution in [0.25, 0.3) is 0 Å². The molecule has 2 heterocycles. The number of amides is 2. The molecule has 2 N–H and O–H groups in total. The van der Waals surface area contributed by atoms with E-state index >= 15 is 0 Å². The molecular formula is C17H17Cl3N4O2. The van der Waals surface area contributed by atoms with Crippen molar-refractivity contribution in [3.8, 4) is 0 Å². The molecule has 0 saturated carbocycles. The Labute approximate surface area is 166 Å². The summed E-state index contributed by atoms with van der Waals surface area (Å²) in [6, 6.07) is 6.37. The first-order chi connectivity index (χ1) is 12.5. The Morgan fingerprint density at radius 2 is 1.88 bits per heavy atom. The van der Waals surface area contributed by atoms with Gasteiger partial charge >= 0.3 is 6.03 Å². The zero-order valence-corrected chi connectivity index (χ0v) is 16.0. The fourth-order valence-corrected chi connectivity index (χ4v) is 3.18. The van der Waals surface area contributed by atoms with Gasteiger partial charge in [-0.25, -0.2) is 9.78 Å². The maximum absolute atomic E-state index is 12.2. The van der Waals surface area contributed by atoms with Gasteiger partial charge < -0.3 is 20.3 Å². The summed E-state index contributed by atoms with van der Waals surface area (Å²) in [6.45, 7) is 3.20. The van der Waals surface area contributed by atoms with E-state index in [1.54, 1.807) is 6.20 Å². The molecule has 1 aromatic heterocycles. The van der Waals surface area contributed by atoms with Crippen LogP contribution in [0.5, 0.6) is 0 Å². The number of ether oxygens (including phenoxy) is 1. The standard InChI is InChI=1S/C17H17Cl3N4O2/c18-12-8-14(20)15(9-13(12)19)23-17(25)22-10-11-2-1-3-21-16(11)24-4-6-26-7-5-24/h1-3,8-9H,4-7,10H2,(H2,22,23,25). The van der Waals surface area contributed by atoms with Crippen molar-refractivity contribution in [1.29, 1.82) is 0 Å². The molecule has 0 radical (unpaired) electrons. The lowest BCUT2D eigenvalue weighted by molar-refractivity contribution is 0.122. The van der Waals surface area contributed by atoms with Crippen LogP contribution in [0.3, 0.4) is 0 Å². The molecule has 1 saturated heterocycles. The van der Waals surface area contributed by atoms with Gasteiger partial charge in [-0.15, -0.1) is 0 Å². The van der Waals surface area contributed by atoms with Crippen molar-refractivity contribution in [1.82, 2.24) is 10.3 Å². The number of halogens is 3. The van der Waals surface area contributed by atoms with Crippen LogP contribution in [0, 0.1) is 0 Å². The Balaban J connectivity index is 1.64. The maximum Gasteiger partial charge on any atom is 0.319 e. The zero-order valence-electron chi connectivity index (χ0n) is 13.8. The molecule has 6 nitrogen and oxygen atoms in total. The van der Waals surface area contributed by atoms with Gasteiger partial charge in [-0.2, -0.15) is 0 Å². The monoisotopic (exact) mass is 414 g/mol. The number of morpholine rings is 1. The van der Waals surface area contributed by atoms with Gasteiger partial charge in [-0.05, 0) is 18.2 Å². The van der Waals surface area contributed by atoms with E-state index in [-0.39, 0.29) is 0 Å². The SMILES string of the molecule is O=C(NCc1cccnc1N1CCOCC1)Nc1cc(Cl)c(Cl)cc1Cl. The summed E-state index contributed by atoms with van der Waals surface area (Å²) >= 11 is 17.9. The molecule has 3 rings (SSSR count). The Morgan fingerprint density at radius 3 is 2.65 bits per heavy atom. The highest BCUT2D eigenvalue weighted by molar-refractivity contribution is 6.44. The van der Waals surface area contributed by atoms with Crippen LogP contribution in [0.4, 0.5) is 16.3 Å². The molecule has 0 unspecified atom stereocenters. The zero-order chi connectivity index (χ0) is 18.5. The minimum Gasteiger partial charge on any atom is -0.378 e. The number of anilines is 2. The predicted octanol–water partition coefficient (Wildman–Crippen LogP) is 4.20. The minimum atomic E-state index is -0.401. The van der Waals surface area contributed by atoms with Crippen LogP contribution in [0.1, 0.15) is 5.56 Å². The first kappa shape index (κ1) is 19.0. The van der Waals surface area contributed by atoms with Gasteiger partial charge in [0.1, 0.15) is 5.82 Å². The summed E-state index contributed by atoms with van der Waals surface area (Å²) in [5, 5.41) is 6.42. The molecule has 1 aliphatic heterocycles. The topological polar surface area (TPSA) is 66.5 Å². The third-order valence-electron chi connectivity index (χ3n) is 3.88. The average Bonchev–Trinajstić information content (AvgIpc) is 2.65. The Bertz CT molecular complexity index is 798. The van der Waals surface area contributed by atoms with Crippen LogP contribution >= 0.6 is 34.8 Å². The Hall–Kier alpha value is -1.73. The van der Waals surface area contributed by atoms with Crippen LogP contribution in [0.2, 0.25) is 15.1 Å². The fourth-order valence-electron chi connectivity index (χ4n) is 2.59. The van der Waals surface area contributed by atoms with E-state index < -0.39 is 6.03 Å². The molecule has 1 aromatic carbocycles. The van der Waals surface area contributed by atoms with E-state index in [9.17, 15) is 4.79 Å². The average molecular weight is 416 g/mol. The lowest BCUT2D eigenvalue weighted by atomic mass is 10.2. The van der Waals surface area contributed by atoms with Crippen molar-refractivity contribution in [3.63, 3.8) is 0 Å². The van der Waals surface area contributed by atoms with Crippen molar-refractivity contribution < 1.29 is 9.53 Å². The fraction of sp³-hybridized carbons (Fsp3) is 0.294. The van der Waals surface area contributed by atoms with E-state index in [0.29, 0.717) is 40.5 Å². The third-order valence-corrected chi connectivity index (χ3v) is 4.91. The van der Waals surface area contributed by atoms with Gasteiger partial charge in [0.15, 0.2) is 0 Å². The van der Waals surface area contributed by atoms with Crippen molar-refractivity contribution in [2.24, 2.45) is 0 Å². The van der Waals surface area contributed by atoms with Gasteiger partial charge in [0, 0.05) is 31.4 Å². The van der Waals surface area contributed by atoms with E-state index in [2.05, 4.69) is 20.5 Å². The maximum atomic E-state index is 12.2. The smallest absolute Gasteiger partial charge is 0.319 e. The van der Waals surface area contributed by atoms with Crippen molar-refractivity contribution in [2.75, 3.05) is 36.5 Å². The summed E-state index contributed by atoms with van der Waals surface area (Å²) < 4.78 is 5.37. The van der Waals surface area contributed by atoms with E-state index in [0.717, 1.165) is 24.5 Å². The molecule has 2 amide bonds. The van der Waals surface area contributed by atoms with Crippen LogP contribution < -0.4 is 15.5 Å². The highest BCUT2D eigenvalue weighted by Crippen LogP contribution is 2.32. The normalized spacial score (nSPS) is 14.2. The molecule has 0 aliphatic carbocycles. The van der Waals surface area contributed by atoms with Gasteiger partial charge in [-0.3, -0.25) is 0 Å². The molecule has 26 heavy (non-hydrogen) atoms.